The molecule has 82 valence electrons. The summed E-state index contributed by atoms with van der Waals surface area (Å²) < 4.78 is 4.49. The second-order valence-electron chi connectivity index (χ2n) is 3.18. The summed E-state index contributed by atoms with van der Waals surface area (Å²) in [7, 11) is 1.33. The van der Waals surface area contributed by atoms with Crippen molar-refractivity contribution in [1.82, 2.24) is 5.32 Å². The van der Waals surface area contributed by atoms with E-state index in [1.54, 1.807) is 0 Å². The summed E-state index contributed by atoms with van der Waals surface area (Å²) in [6, 6.07) is -0.505. The molecule has 6 heteroatoms. The molecular formula is C8H14ClNO4. The number of rotatable bonds is 3. The summed E-state index contributed by atoms with van der Waals surface area (Å²) in [5, 5.41) is 11.5. The Labute approximate surface area is 88.2 Å². The topological polar surface area (TPSA) is 75.6 Å². The van der Waals surface area contributed by atoms with Gasteiger partial charge in [-0.15, -0.1) is 12.4 Å². The number of halogens is 1. The number of hydrogen-bond acceptors (Lipinski definition) is 4. The first-order valence-corrected chi connectivity index (χ1v) is 4.16. The fraction of sp³-hybridized carbons (Fsp3) is 0.750. The van der Waals surface area contributed by atoms with Gasteiger partial charge in [0.2, 0.25) is 0 Å². The number of aliphatic carboxylic acids is 1. The van der Waals surface area contributed by atoms with Crippen LogP contribution in [0.25, 0.3) is 0 Å². The molecule has 0 spiro atoms. The number of carboxylic acid groups (broad SMARTS) is 1. The van der Waals surface area contributed by atoms with Crippen molar-refractivity contribution >= 4 is 24.3 Å². The highest BCUT2D eigenvalue weighted by Crippen LogP contribution is 2.17. The molecule has 0 bridgehead atoms. The number of esters is 1. The number of ether oxygens (including phenoxy) is 1. The summed E-state index contributed by atoms with van der Waals surface area (Å²) in [5.41, 5.74) is 0. The molecule has 0 amide bonds. The van der Waals surface area contributed by atoms with E-state index in [9.17, 15) is 9.59 Å². The van der Waals surface area contributed by atoms with Gasteiger partial charge < -0.3 is 15.2 Å². The summed E-state index contributed by atoms with van der Waals surface area (Å²) in [4.78, 5) is 21.4. The highest BCUT2D eigenvalue weighted by atomic mass is 35.5. The van der Waals surface area contributed by atoms with E-state index < -0.39 is 12.0 Å². The number of methoxy groups -OCH3 is 1. The smallest absolute Gasteiger partial charge is 0.320 e. The zero-order chi connectivity index (χ0) is 9.84. The highest BCUT2D eigenvalue weighted by molar-refractivity contribution is 5.85. The van der Waals surface area contributed by atoms with E-state index in [0.717, 1.165) is 0 Å². The molecule has 1 fully saturated rings. The molecule has 1 saturated heterocycles. The van der Waals surface area contributed by atoms with Crippen LogP contribution in [0.15, 0.2) is 0 Å². The zero-order valence-corrected chi connectivity index (χ0v) is 8.67. The van der Waals surface area contributed by atoms with Gasteiger partial charge in [0.15, 0.2) is 0 Å². The van der Waals surface area contributed by atoms with Crippen molar-refractivity contribution < 1.29 is 19.4 Å². The SMILES string of the molecule is COC(=O)C[C@@H]1CN[C@H](C(=O)O)C1.Cl. The molecule has 0 radical (unpaired) electrons. The summed E-state index contributed by atoms with van der Waals surface area (Å²) in [6.07, 6.45) is 0.803. The minimum absolute atomic E-state index is 0. The van der Waals surface area contributed by atoms with Gasteiger partial charge in [0, 0.05) is 6.42 Å². The Bertz CT molecular complexity index is 221. The van der Waals surface area contributed by atoms with Crippen LogP contribution in [0.5, 0.6) is 0 Å². The van der Waals surface area contributed by atoms with E-state index in [-0.39, 0.29) is 24.3 Å². The summed E-state index contributed by atoms with van der Waals surface area (Å²) in [5.74, 6) is -1.04. The van der Waals surface area contributed by atoms with Crippen LogP contribution in [-0.4, -0.2) is 36.7 Å². The summed E-state index contributed by atoms with van der Waals surface area (Å²) in [6.45, 7) is 0.575. The van der Waals surface area contributed by atoms with Gasteiger partial charge in [-0.25, -0.2) is 0 Å². The van der Waals surface area contributed by atoms with E-state index in [0.29, 0.717) is 19.4 Å². The number of nitrogens with one attached hydrogen (secondary N) is 1. The molecule has 5 nitrogen and oxygen atoms in total. The number of hydrogen-bond donors (Lipinski definition) is 2. The van der Waals surface area contributed by atoms with Crippen LogP contribution in [0.1, 0.15) is 12.8 Å². The van der Waals surface area contributed by atoms with E-state index in [1.807, 2.05) is 0 Å². The van der Waals surface area contributed by atoms with Crippen molar-refractivity contribution in [2.75, 3.05) is 13.7 Å². The molecule has 0 saturated carbocycles. The lowest BCUT2D eigenvalue weighted by atomic mass is 10.0. The van der Waals surface area contributed by atoms with Crippen molar-refractivity contribution in [2.45, 2.75) is 18.9 Å². The van der Waals surface area contributed by atoms with Gasteiger partial charge in [-0.2, -0.15) is 0 Å². The molecule has 1 heterocycles. The Morgan fingerprint density at radius 3 is 2.64 bits per heavy atom. The first-order chi connectivity index (χ1) is 6.13. The molecule has 0 aliphatic carbocycles. The quantitative estimate of drug-likeness (QED) is 0.661. The van der Waals surface area contributed by atoms with Crippen molar-refractivity contribution in [3.8, 4) is 0 Å². The monoisotopic (exact) mass is 223 g/mol. The largest absolute Gasteiger partial charge is 0.480 e. The van der Waals surface area contributed by atoms with Crippen LogP contribution < -0.4 is 5.32 Å². The molecule has 0 unspecified atom stereocenters. The van der Waals surface area contributed by atoms with Gasteiger partial charge >= 0.3 is 11.9 Å². The van der Waals surface area contributed by atoms with Gasteiger partial charge in [0.25, 0.3) is 0 Å². The maximum Gasteiger partial charge on any atom is 0.320 e. The molecule has 0 aromatic rings. The van der Waals surface area contributed by atoms with Gasteiger partial charge in [-0.1, -0.05) is 0 Å². The van der Waals surface area contributed by atoms with Crippen molar-refractivity contribution in [3.05, 3.63) is 0 Å². The van der Waals surface area contributed by atoms with Crippen molar-refractivity contribution in [1.29, 1.82) is 0 Å². The second kappa shape index (κ2) is 5.82. The Morgan fingerprint density at radius 2 is 2.21 bits per heavy atom. The average Bonchev–Trinajstić information content (AvgIpc) is 2.52. The first-order valence-electron chi connectivity index (χ1n) is 4.16. The molecular weight excluding hydrogens is 210 g/mol. The fourth-order valence-corrected chi connectivity index (χ4v) is 1.47. The predicted molar refractivity (Wildman–Crippen MR) is 51.4 cm³/mol. The first kappa shape index (κ1) is 13.2. The third kappa shape index (κ3) is 3.51. The Hall–Kier alpha value is -0.810. The maximum atomic E-state index is 10.8. The Balaban J connectivity index is 0.00000169. The Morgan fingerprint density at radius 1 is 1.57 bits per heavy atom. The molecule has 2 N–H and O–H groups in total. The molecule has 2 atom stereocenters. The third-order valence-corrected chi connectivity index (χ3v) is 2.20. The van der Waals surface area contributed by atoms with Crippen LogP contribution in [-0.2, 0) is 14.3 Å². The third-order valence-electron chi connectivity index (χ3n) is 2.20. The predicted octanol–water partition coefficient (Wildman–Crippen LogP) is 0.0340. The van der Waals surface area contributed by atoms with Gasteiger partial charge in [-0.3, -0.25) is 9.59 Å². The van der Waals surface area contributed by atoms with E-state index in [1.165, 1.54) is 7.11 Å². The lowest BCUT2D eigenvalue weighted by Gasteiger charge is -2.05. The van der Waals surface area contributed by atoms with Crippen LogP contribution >= 0.6 is 12.4 Å². The van der Waals surface area contributed by atoms with Gasteiger partial charge in [0.05, 0.1) is 7.11 Å². The normalized spacial score (nSPS) is 25.2. The summed E-state index contributed by atoms with van der Waals surface area (Å²) >= 11 is 0. The van der Waals surface area contributed by atoms with Crippen LogP contribution in [0.3, 0.4) is 0 Å². The molecule has 14 heavy (non-hydrogen) atoms. The molecule has 1 rings (SSSR count). The zero-order valence-electron chi connectivity index (χ0n) is 7.86. The fourth-order valence-electron chi connectivity index (χ4n) is 1.47. The number of carboxylic acids is 1. The van der Waals surface area contributed by atoms with Gasteiger partial charge in [-0.05, 0) is 18.9 Å². The molecule has 1 aliphatic heterocycles. The van der Waals surface area contributed by atoms with Crippen molar-refractivity contribution in [3.63, 3.8) is 0 Å². The minimum Gasteiger partial charge on any atom is -0.480 e. The molecule has 0 aromatic heterocycles. The van der Waals surface area contributed by atoms with Crippen LogP contribution in [0.4, 0.5) is 0 Å². The van der Waals surface area contributed by atoms with E-state index >= 15 is 0 Å². The average molecular weight is 224 g/mol. The standard InChI is InChI=1S/C8H13NO4.ClH/c1-13-7(10)3-5-2-6(8(11)12)9-4-5;/h5-6,9H,2-4H2,1H3,(H,11,12);1H/t5-,6+;/m1./s1. The van der Waals surface area contributed by atoms with Crippen molar-refractivity contribution in [2.24, 2.45) is 5.92 Å². The number of carbonyl (C=O) groups is 2. The van der Waals surface area contributed by atoms with E-state index in [2.05, 4.69) is 10.1 Å². The molecule has 1 aliphatic rings. The minimum atomic E-state index is -0.854. The Kier molecular flexibility index (Phi) is 5.49. The lowest BCUT2D eigenvalue weighted by molar-refractivity contribution is -0.142. The molecule has 0 aromatic carbocycles. The maximum absolute atomic E-state index is 10.8. The van der Waals surface area contributed by atoms with E-state index in [4.69, 9.17) is 5.11 Å². The van der Waals surface area contributed by atoms with Crippen LogP contribution in [0.2, 0.25) is 0 Å². The second-order valence-corrected chi connectivity index (χ2v) is 3.18. The van der Waals surface area contributed by atoms with Gasteiger partial charge in [0.1, 0.15) is 6.04 Å². The lowest BCUT2D eigenvalue weighted by Crippen LogP contribution is -2.29. The highest BCUT2D eigenvalue weighted by Gasteiger charge is 2.30. The number of carbonyl (C=O) groups excluding carboxylic acids is 1. The van der Waals surface area contributed by atoms with Crippen LogP contribution in [0, 0.1) is 5.92 Å².